The van der Waals surface area contributed by atoms with Crippen LogP contribution >= 0.6 is 0 Å². The Morgan fingerprint density at radius 3 is 2.81 bits per heavy atom. The molecule has 0 spiro atoms. The molecular formula is C18H16N2O6. The van der Waals surface area contributed by atoms with Gasteiger partial charge in [-0.15, -0.1) is 0 Å². The maximum atomic E-state index is 12.2. The van der Waals surface area contributed by atoms with Crippen LogP contribution in [0.1, 0.15) is 11.1 Å². The molecule has 26 heavy (non-hydrogen) atoms. The van der Waals surface area contributed by atoms with E-state index < -0.39 is 16.8 Å². The molecule has 0 fully saturated rings. The number of ether oxygens (including phenoxy) is 2. The third-order valence-electron chi connectivity index (χ3n) is 4.03. The molecule has 1 aliphatic heterocycles. The van der Waals surface area contributed by atoms with Crippen molar-refractivity contribution in [2.45, 2.75) is 13.5 Å². The second kappa shape index (κ2) is 7.22. The van der Waals surface area contributed by atoms with Crippen LogP contribution in [0.2, 0.25) is 0 Å². The fourth-order valence-corrected chi connectivity index (χ4v) is 2.58. The van der Waals surface area contributed by atoms with E-state index in [0.717, 1.165) is 16.0 Å². The maximum Gasteiger partial charge on any atom is 0.326 e. The Bertz CT molecular complexity index is 880. The minimum atomic E-state index is -0.610. The van der Waals surface area contributed by atoms with Crippen LogP contribution in [0.15, 0.2) is 42.5 Å². The lowest BCUT2D eigenvalue weighted by molar-refractivity contribution is -0.384. The molecule has 0 bridgehead atoms. The van der Waals surface area contributed by atoms with Crippen LogP contribution in [0.5, 0.6) is 5.75 Å². The maximum absolute atomic E-state index is 12.2. The average molecular weight is 356 g/mol. The number of esters is 1. The van der Waals surface area contributed by atoms with Gasteiger partial charge in [-0.25, -0.2) is 0 Å². The fourth-order valence-electron chi connectivity index (χ4n) is 2.58. The number of nitro benzene ring substituents is 1. The number of non-ortho nitro benzene ring substituents is 1. The molecule has 2 aromatic rings. The van der Waals surface area contributed by atoms with Crippen molar-refractivity contribution in [2.75, 3.05) is 18.1 Å². The highest BCUT2D eigenvalue weighted by atomic mass is 16.6. The average Bonchev–Trinajstić information content (AvgIpc) is 2.63. The Morgan fingerprint density at radius 1 is 1.31 bits per heavy atom. The summed E-state index contributed by atoms with van der Waals surface area (Å²) >= 11 is 0. The highest BCUT2D eigenvalue weighted by molar-refractivity contribution is 6.01. The van der Waals surface area contributed by atoms with Crippen molar-refractivity contribution in [3.8, 4) is 5.75 Å². The van der Waals surface area contributed by atoms with Gasteiger partial charge < -0.3 is 9.47 Å². The first-order valence-electron chi connectivity index (χ1n) is 7.87. The van der Waals surface area contributed by atoms with E-state index in [4.69, 9.17) is 9.47 Å². The molecule has 134 valence electrons. The van der Waals surface area contributed by atoms with Crippen molar-refractivity contribution in [1.82, 2.24) is 0 Å². The van der Waals surface area contributed by atoms with Crippen LogP contribution in [0.25, 0.3) is 0 Å². The van der Waals surface area contributed by atoms with Gasteiger partial charge in [0.05, 0.1) is 10.6 Å². The Kier molecular flexibility index (Phi) is 4.83. The van der Waals surface area contributed by atoms with Crippen molar-refractivity contribution in [3.05, 3.63) is 63.7 Å². The van der Waals surface area contributed by atoms with E-state index in [1.54, 1.807) is 0 Å². The quantitative estimate of drug-likeness (QED) is 0.463. The summed E-state index contributed by atoms with van der Waals surface area (Å²) in [6.45, 7) is 1.41. The molecule has 0 radical (unpaired) electrons. The summed E-state index contributed by atoms with van der Waals surface area (Å²) in [5.74, 6) is -0.770. The molecular weight excluding hydrogens is 340 g/mol. The van der Waals surface area contributed by atoms with Crippen LogP contribution in [0, 0.1) is 17.0 Å². The molecule has 0 aliphatic carbocycles. The smallest absolute Gasteiger partial charge is 0.326 e. The van der Waals surface area contributed by atoms with Crippen LogP contribution in [0.3, 0.4) is 0 Å². The molecule has 0 aromatic heterocycles. The Labute approximate surface area is 149 Å². The number of carbonyl (C=O) groups is 2. The van der Waals surface area contributed by atoms with Crippen LogP contribution in [-0.2, 0) is 20.9 Å². The number of anilines is 1. The molecule has 3 rings (SSSR count). The highest BCUT2D eigenvalue weighted by Crippen LogP contribution is 2.35. The lowest BCUT2D eigenvalue weighted by Crippen LogP contribution is -2.42. The third kappa shape index (κ3) is 3.64. The number of nitro groups is 1. The summed E-state index contributed by atoms with van der Waals surface area (Å²) in [5.41, 5.74) is 1.84. The number of hydrogen-bond donors (Lipinski definition) is 0. The molecule has 0 N–H and O–H groups in total. The predicted molar refractivity (Wildman–Crippen MR) is 91.9 cm³/mol. The van der Waals surface area contributed by atoms with E-state index in [9.17, 15) is 19.7 Å². The van der Waals surface area contributed by atoms with E-state index in [1.165, 1.54) is 18.2 Å². The second-order valence-corrected chi connectivity index (χ2v) is 5.76. The van der Waals surface area contributed by atoms with E-state index in [0.29, 0.717) is 5.75 Å². The topological polar surface area (TPSA) is 99.0 Å². The minimum Gasteiger partial charge on any atom is -0.482 e. The highest BCUT2D eigenvalue weighted by Gasteiger charge is 2.29. The van der Waals surface area contributed by atoms with Crippen molar-refractivity contribution >= 4 is 23.3 Å². The summed E-state index contributed by atoms with van der Waals surface area (Å²) in [6, 6.07) is 11.4. The van der Waals surface area contributed by atoms with Gasteiger partial charge in [0.25, 0.3) is 11.6 Å². The van der Waals surface area contributed by atoms with Gasteiger partial charge in [0.15, 0.2) is 6.61 Å². The third-order valence-corrected chi connectivity index (χ3v) is 4.03. The molecule has 1 aliphatic rings. The summed E-state index contributed by atoms with van der Waals surface area (Å²) in [4.78, 5) is 35.8. The Hall–Kier alpha value is -3.42. The monoisotopic (exact) mass is 356 g/mol. The molecule has 1 amide bonds. The number of fused-ring (bicyclic) bond motifs is 1. The summed E-state index contributed by atoms with van der Waals surface area (Å²) < 4.78 is 10.5. The van der Waals surface area contributed by atoms with Gasteiger partial charge in [-0.2, -0.15) is 0 Å². The van der Waals surface area contributed by atoms with E-state index in [1.807, 2.05) is 31.2 Å². The standard InChI is InChI=1S/C18H16N2O6/c1-12-4-2-3-5-13(12)10-26-18(22)9-19-15-8-14(20(23)24)6-7-16(15)25-11-17(19)21/h2-8H,9-11H2,1H3. The van der Waals surface area contributed by atoms with Crippen LogP contribution in [0.4, 0.5) is 11.4 Å². The number of carbonyl (C=O) groups excluding carboxylic acids is 2. The van der Waals surface area contributed by atoms with Crippen LogP contribution < -0.4 is 9.64 Å². The van der Waals surface area contributed by atoms with Gasteiger partial charge >= 0.3 is 5.97 Å². The first-order valence-corrected chi connectivity index (χ1v) is 7.87. The molecule has 0 unspecified atom stereocenters. The molecule has 0 atom stereocenters. The second-order valence-electron chi connectivity index (χ2n) is 5.76. The first-order chi connectivity index (χ1) is 12.5. The predicted octanol–water partition coefficient (Wildman–Crippen LogP) is 2.37. The molecule has 1 heterocycles. The summed E-state index contributed by atoms with van der Waals surface area (Å²) in [6.07, 6.45) is 0. The molecule has 0 saturated carbocycles. The van der Waals surface area contributed by atoms with Gasteiger partial charge in [0.1, 0.15) is 18.9 Å². The van der Waals surface area contributed by atoms with Gasteiger partial charge in [-0.1, -0.05) is 24.3 Å². The first kappa shape index (κ1) is 17.4. The zero-order valence-electron chi connectivity index (χ0n) is 14.0. The molecule has 8 nitrogen and oxygen atoms in total. The zero-order valence-corrected chi connectivity index (χ0v) is 14.0. The number of nitrogens with zero attached hydrogens (tertiary/aromatic N) is 2. The largest absolute Gasteiger partial charge is 0.482 e. The van der Waals surface area contributed by atoms with E-state index >= 15 is 0 Å². The molecule has 2 aromatic carbocycles. The summed E-state index contributed by atoms with van der Waals surface area (Å²) in [5, 5.41) is 11.0. The van der Waals surface area contributed by atoms with Crippen molar-refractivity contribution in [2.24, 2.45) is 0 Å². The van der Waals surface area contributed by atoms with Crippen molar-refractivity contribution in [3.63, 3.8) is 0 Å². The van der Waals surface area contributed by atoms with Gasteiger partial charge in [0.2, 0.25) is 0 Å². The number of benzene rings is 2. The fraction of sp³-hybridized carbons (Fsp3) is 0.222. The zero-order chi connectivity index (χ0) is 18.7. The van der Waals surface area contributed by atoms with Gasteiger partial charge in [0, 0.05) is 12.1 Å². The summed E-state index contributed by atoms with van der Waals surface area (Å²) in [7, 11) is 0. The number of hydrogen-bond acceptors (Lipinski definition) is 6. The van der Waals surface area contributed by atoms with Gasteiger partial charge in [-0.05, 0) is 24.1 Å². The SMILES string of the molecule is Cc1ccccc1COC(=O)CN1C(=O)COc2ccc([N+](=O)[O-])cc21. The lowest BCUT2D eigenvalue weighted by Gasteiger charge is -2.28. The number of rotatable bonds is 5. The van der Waals surface area contributed by atoms with E-state index in [-0.39, 0.29) is 31.1 Å². The van der Waals surface area contributed by atoms with E-state index in [2.05, 4.69) is 0 Å². The van der Waals surface area contributed by atoms with Crippen molar-refractivity contribution in [1.29, 1.82) is 0 Å². The van der Waals surface area contributed by atoms with Gasteiger partial charge in [-0.3, -0.25) is 24.6 Å². The Balaban J connectivity index is 1.74. The lowest BCUT2D eigenvalue weighted by atomic mass is 10.1. The molecule has 8 heteroatoms. The Morgan fingerprint density at radius 2 is 2.08 bits per heavy atom. The normalized spacial score (nSPS) is 13.0. The number of amides is 1. The molecule has 0 saturated heterocycles. The van der Waals surface area contributed by atoms with Crippen molar-refractivity contribution < 1.29 is 24.0 Å². The van der Waals surface area contributed by atoms with Crippen LogP contribution in [-0.4, -0.2) is 30.0 Å². The minimum absolute atomic E-state index is 0.0891. The number of aryl methyl sites for hydroxylation is 1.